The summed E-state index contributed by atoms with van der Waals surface area (Å²) in [6, 6.07) is 0.464. The predicted octanol–water partition coefficient (Wildman–Crippen LogP) is 1.59. The van der Waals surface area contributed by atoms with Crippen LogP contribution in [0.1, 0.15) is 26.2 Å². The average molecular weight is 309 g/mol. The van der Waals surface area contributed by atoms with Crippen molar-refractivity contribution in [1.82, 2.24) is 4.90 Å². The minimum absolute atomic E-state index is 0.190. The van der Waals surface area contributed by atoms with Crippen molar-refractivity contribution in [1.29, 1.82) is 0 Å². The first-order valence-corrected chi connectivity index (χ1v) is 6.33. The molecule has 2 heterocycles. The Morgan fingerprint density at radius 1 is 1.64 bits per heavy atom. The first-order chi connectivity index (χ1) is 6.58. The van der Waals surface area contributed by atoms with Crippen molar-refractivity contribution in [2.75, 3.05) is 13.7 Å². The largest absolute Gasteiger partial charge is 0.369 e. The fourth-order valence-corrected chi connectivity index (χ4v) is 4.08. The molecule has 3 nitrogen and oxygen atoms in total. The summed E-state index contributed by atoms with van der Waals surface area (Å²) in [5, 5.41) is 0. The molecule has 0 unspecified atom stereocenters. The maximum Gasteiger partial charge on any atom is 0.254 e. The van der Waals surface area contributed by atoms with E-state index >= 15 is 0 Å². The Labute approximate surface area is 98.3 Å². The summed E-state index contributed by atoms with van der Waals surface area (Å²) >= 11 is 2.46. The summed E-state index contributed by atoms with van der Waals surface area (Å²) in [5.41, 5.74) is -0.577. The van der Waals surface area contributed by atoms with E-state index in [9.17, 15) is 4.79 Å². The van der Waals surface area contributed by atoms with Crippen molar-refractivity contribution < 1.29 is 9.53 Å². The summed E-state index contributed by atoms with van der Waals surface area (Å²) < 4.78 is 5.91. The number of ether oxygens (including phenoxy) is 1. The molecular weight excluding hydrogens is 293 g/mol. The zero-order chi connectivity index (χ0) is 10.3. The molecule has 0 saturated carbocycles. The van der Waals surface area contributed by atoms with Crippen LogP contribution in [-0.2, 0) is 9.53 Å². The highest BCUT2D eigenvalue weighted by Gasteiger charge is 2.49. The third-order valence-corrected chi connectivity index (χ3v) is 4.74. The van der Waals surface area contributed by atoms with Gasteiger partial charge in [-0.2, -0.15) is 0 Å². The highest BCUT2D eigenvalue weighted by molar-refractivity contribution is 14.1. The van der Waals surface area contributed by atoms with Gasteiger partial charge in [0.15, 0.2) is 0 Å². The zero-order valence-corrected chi connectivity index (χ0v) is 10.8. The molecular formula is C10H16INO2. The van der Waals surface area contributed by atoms with Crippen molar-refractivity contribution in [2.24, 2.45) is 0 Å². The fourth-order valence-electron chi connectivity index (χ4n) is 2.49. The minimum atomic E-state index is -0.577. The molecule has 80 valence electrons. The number of alkyl halides is 1. The van der Waals surface area contributed by atoms with E-state index in [2.05, 4.69) is 22.6 Å². The molecule has 4 heteroatoms. The third-order valence-electron chi connectivity index (χ3n) is 3.47. The van der Waals surface area contributed by atoms with Gasteiger partial charge >= 0.3 is 0 Å². The Morgan fingerprint density at radius 3 is 3.00 bits per heavy atom. The van der Waals surface area contributed by atoms with Crippen molar-refractivity contribution in [3.63, 3.8) is 0 Å². The number of hydrogen-bond donors (Lipinski definition) is 0. The molecule has 2 aliphatic heterocycles. The number of halogens is 1. The van der Waals surface area contributed by atoms with Crippen LogP contribution >= 0.6 is 22.6 Å². The van der Waals surface area contributed by atoms with Crippen LogP contribution in [0, 0.1) is 0 Å². The van der Waals surface area contributed by atoms with E-state index in [4.69, 9.17) is 4.74 Å². The standard InChI is InChI=1S/C10H16INO2/c1-10(14-2)6-7(11)8-4-3-5-12(8)9(10)13/h7-8H,3-6H2,1-2H3/t7-,8+,10-/m0/s1. The minimum Gasteiger partial charge on any atom is -0.369 e. The summed E-state index contributed by atoms with van der Waals surface area (Å²) in [6.45, 7) is 2.83. The predicted molar refractivity (Wildman–Crippen MR) is 62.6 cm³/mol. The number of carbonyl (C=O) groups excluding carboxylic acids is 1. The molecule has 0 aliphatic carbocycles. The van der Waals surface area contributed by atoms with E-state index in [1.807, 2.05) is 11.8 Å². The maximum absolute atomic E-state index is 12.1. The first-order valence-electron chi connectivity index (χ1n) is 5.09. The number of rotatable bonds is 1. The molecule has 0 aromatic heterocycles. The van der Waals surface area contributed by atoms with Crippen LogP contribution < -0.4 is 0 Å². The highest BCUT2D eigenvalue weighted by atomic mass is 127. The molecule has 0 spiro atoms. The Balaban J connectivity index is 2.24. The van der Waals surface area contributed by atoms with Crippen LogP contribution in [0.4, 0.5) is 0 Å². The van der Waals surface area contributed by atoms with E-state index in [0.29, 0.717) is 9.97 Å². The van der Waals surface area contributed by atoms with Gasteiger partial charge in [-0.25, -0.2) is 0 Å². The van der Waals surface area contributed by atoms with Gasteiger partial charge in [-0.05, 0) is 26.2 Å². The zero-order valence-electron chi connectivity index (χ0n) is 8.62. The van der Waals surface area contributed by atoms with Gasteiger partial charge in [0.1, 0.15) is 5.60 Å². The van der Waals surface area contributed by atoms with Crippen molar-refractivity contribution in [2.45, 2.75) is 41.8 Å². The summed E-state index contributed by atoms with van der Waals surface area (Å²) in [5.74, 6) is 0.190. The Hall–Kier alpha value is 0.160. The molecule has 0 bridgehead atoms. The Morgan fingerprint density at radius 2 is 2.36 bits per heavy atom. The lowest BCUT2D eigenvalue weighted by atomic mass is 9.89. The van der Waals surface area contributed by atoms with Crippen molar-refractivity contribution >= 4 is 28.5 Å². The quantitative estimate of drug-likeness (QED) is 0.544. The average Bonchev–Trinajstić information content (AvgIpc) is 2.63. The van der Waals surface area contributed by atoms with Gasteiger partial charge in [0.05, 0.1) is 0 Å². The van der Waals surface area contributed by atoms with Gasteiger partial charge in [-0.15, -0.1) is 0 Å². The lowest BCUT2D eigenvalue weighted by Crippen LogP contribution is -2.58. The van der Waals surface area contributed by atoms with Crippen LogP contribution in [0.2, 0.25) is 0 Å². The van der Waals surface area contributed by atoms with Gasteiger partial charge in [0.25, 0.3) is 5.91 Å². The molecule has 0 aromatic carbocycles. The van der Waals surface area contributed by atoms with Gasteiger partial charge in [0.2, 0.25) is 0 Å². The van der Waals surface area contributed by atoms with Gasteiger partial charge in [-0.3, -0.25) is 4.79 Å². The number of fused-ring (bicyclic) bond motifs is 1. The number of amides is 1. The number of methoxy groups -OCH3 is 1. The van der Waals surface area contributed by atoms with E-state index in [1.165, 1.54) is 6.42 Å². The van der Waals surface area contributed by atoms with Gasteiger partial charge in [0, 0.05) is 23.6 Å². The molecule has 0 N–H and O–H groups in total. The second-order valence-corrected chi connectivity index (χ2v) is 5.96. The molecule has 0 aromatic rings. The molecule has 2 saturated heterocycles. The molecule has 1 amide bonds. The smallest absolute Gasteiger partial charge is 0.254 e. The molecule has 2 rings (SSSR count). The van der Waals surface area contributed by atoms with Crippen LogP contribution in [-0.4, -0.2) is 40.0 Å². The van der Waals surface area contributed by atoms with Crippen LogP contribution in [0.5, 0.6) is 0 Å². The third kappa shape index (κ3) is 1.46. The molecule has 14 heavy (non-hydrogen) atoms. The number of carbonyl (C=O) groups is 1. The lowest BCUT2D eigenvalue weighted by Gasteiger charge is -2.43. The lowest BCUT2D eigenvalue weighted by molar-refractivity contribution is -0.159. The number of piperidine rings is 1. The van der Waals surface area contributed by atoms with E-state index < -0.39 is 5.60 Å². The van der Waals surface area contributed by atoms with Gasteiger partial charge in [-0.1, -0.05) is 22.6 Å². The first kappa shape index (κ1) is 10.7. The molecule has 2 aliphatic rings. The SMILES string of the molecule is CO[C@@]1(C)C[C@H](I)[C@H]2CCCN2C1=O. The maximum atomic E-state index is 12.1. The van der Waals surface area contributed by atoms with E-state index in [-0.39, 0.29) is 5.91 Å². The fraction of sp³-hybridized carbons (Fsp3) is 0.900. The van der Waals surface area contributed by atoms with E-state index in [0.717, 1.165) is 19.4 Å². The van der Waals surface area contributed by atoms with Crippen LogP contribution in [0.15, 0.2) is 0 Å². The summed E-state index contributed by atoms with van der Waals surface area (Å²) in [4.78, 5) is 14.1. The highest BCUT2D eigenvalue weighted by Crippen LogP contribution is 2.38. The second kappa shape index (κ2) is 3.63. The molecule has 0 radical (unpaired) electrons. The molecule has 2 fully saturated rings. The monoisotopic (exact) mass is 309 g/mol. The van der Waals surface area contributed by atoms with Crippen molar-refractivity contribution in [3.8, 4) is 0 Å². The summed E-state index contributed by atoms with van der Waals surface area (Å²) in [6.07, 6.45) is 3.17. The van der Waals surface area contributed by atoms with Crippen molar-refractivity contribution in [3.05, 3.63) is 0 Å². The van der Waals surface area contributed by atoms with Crippen LogP contribution in [0.3, 0.4) is 0 Å². The second-order valence-electron chi connectivity index (χ2n) is 4.36. The number of hydrogen-bond acceptors (Lipinski definition) is 2. The van der Waals surface area contributed by atoms with E-state index in [1.54, 1.807) is 7.11 Å². The van der Waals surface area contributed by atoms with Gasteiger partial charge < -0.3 is 9.64 Å². The van der Waals surface area contributed by atoms with Crippen LogP contribution in [0.25, 0.3) is 0 Å². The topological polar surface area (TPSA) is 29.5 Å². The molecule has 3 atom stereocenters. The number of nitrogens with zero attached hydrogens (tertiary/aromatic N) is 1. The Bertz CT molecular complexity index is 259. The summed E-state index contributed by atoms with van der Waals surface area (Å²) in [7, 11) is 1.64. The Kier molecular flexibility index (Phi) is 2.76. The normalized spacial score (nSPS) is 42.8.